The molecule has 19 heavy (non-hydrogen) atoms. The number of nitrogens with zero attached hydrogens (tertiary/aromatic N) is 2. The first-order chi connectivity index (χ1) is 8.84. The van der Waals surface area contributed by atoms with Crippen molar-refractivity contribution in [3.63, 3.8) is 0 Å². The normalized spacial score (nSPS) is 23.2. The highest BCUT2D eigenvalue weighted by Gasteiger charge is 2.55. The molecule has 104 valence electrons. The summed E-state index contributed by atoms with van der Waals surface area (Å²) in [5.41, 5.74) is 1.74. The minimum Gasteiger partial charge on any atom is -0.377 e. The number of hydrogen-bond acceptors (Lipinski definition) is 3. The molecule has 2 aliphatic rings. The van der Waals surface area contributed by atoms with Crippen LogP contribution in [0.2, 0.25) is 5.02 Å². The summed E-state index contributed by atoms with van der Waals surface area (Å²) in [4.78, 5) is 4.39. The fourth-order valence-electron chi connectivity index (χ4n) is 2.56. The first kappa shape index (κ1) is 13.5. The second kappa shape index (κ2) is 4.25. The summed E-state index contributed by atoms with van der Waals surface area (Å²) < 4.78 is 19.9. The average molecular weight is 301 g/mol. The Hall–Kier alpha value is -0.490. The quantitative estimate of drug-likeness (QED) is 0.799. The molecule has 0 amide bonds. The molecule has 3 rings (SSSR count). The SMILES string of the molecule is CC(C)(C)S(=O)N1Cc2ncc(Cl)cc2C12COC2. The lowest BCUT2D eigenvalue weighted by molar-refractivity contribution is -0.109. The summed E-state index contributed by atoms with van der Waals surface area (Å²) in [6.45, 7) is 7.67. The van der Waals surface area contributed by atoms with Gasteiger partial charge in [-0.2, -0.15) is 0 Å². The molecule has 3 heterocycles. The molecule has 1 aromatic heterocycles. The van der Waals surface area contributed by atoms with Gasteiger partial charge in [0.05, 0.1) is 35.2 Å². The highest BCUT2D eigenvalue weighted by Crippen LogP contribution is 2.46. The molecule has 0 aromatic carbocycles. The van der Waals surface area contributed by atoms with Crippen LogP contribution in [0.15, 0.2) is 12.3 Å². The summed E-state index contributed by atoms with van der Waals surface area (Å²) in [5, 5.41) is 0.619. The molecule has 4 nitrogen and oxygen atoms in total. The highest BCUT2D eigenvalue weighted by atomic mass is 35.5. The molecule has 2 aliphatic heterocycles. The van der Waals surface area contributed by atoms with E-state index in [1.54, 1.807) is 6.20 Å². The number of hydrogen-bond donors (Lipinski definition) is 0. The third-order valence-electron chi connectivity index (χ3n) is 3.61. The number of rotatable bonds is 1. The third kappa shape index (κ3) is 1.95. The number of ether oxygens (including phenoxy) is 1. The van der Waals surface area contributed by atoms with Gasteiger partial charge >= 0.3 is 0 Å². The predicted octanol–water partition coefficient (Wildman–Crippen LogP) is 2.24. The van der Waals surface area contributed by atoms with Crippen LogP contribution >= 0.6 is 11.6 Å². The van der Waals surface area contributed by atoms with Crippen molar-refractivity contribution >= 4 is 22.6 Å². The Morgan fingerprint density at radius 3 is 2.68 bits per heavy atom. The average Bonchev–Trinajstić information content (AvgIpc) is 2.60. The van der Waals surface area contributed by atoms with Crippen molar-refractivity contribution < 1.29 is 8.95 Å². The van der Waals surface area contributed by atoms with Crippen LogP contribution in [0.1, 0.15) is 32.0 Å². The topological polar surface area (TPSA) is 42.4 Å². The minimum absolute atomic E-state index is 0.297. The van der Waals surface area contributed by atoms with Gasteiger partial charge in [0.2, 0.25) is 0 Å². The summed E-state index contributed by atoms with van der Waals surface area (Å²) in [6.07, 6.45) is 1.65. The van der Waals surface area contributed by atoms with Gasteiger partial charge in [0.25, 0.3) is 0 Å². The molecule has 1 aromatic rings. The lowest BCUT2D eigenvalue weighted by Crippen LogP contribution is -2.58. The maximum Gasteiger partial charge on any atom is 0.107 e. The molecular formula is C13H17ClN2O2S. The first-order valence-corrected chi connectivity index (χ1v) is 7.75. The molecular weight excluding hydrogens is 284 g/mol. The van der Waals surface area contributed by atoms with Crippen LogP contribution in [0, 0.1) is 0 Å². The van der Waals surface area contributed by atoms with E-state index in [4.69, 9.17) is 16.3 Å². The standard InChI is InChI=1S/C13H17ClN2O2S/c1-12(2,3)19(17)16-6-11-10(4-9(14)5-15-11)13(16)7-18-8-13/h4-5H,6-8H2,1-3H3. The van der Waals surface area contributed by atoms with Gasteiger partial charge in [-0.1, -0.05) is 11.6 Å². The zero-order chi connectivity index (χ0) is 13.8. The number of fused-ring (bicyclic) bond motifs is 2. The van der Waals surface area contributed by atoms with Crippen molar-refractivity contribution in [3.05, 3.63) is 28.5 Å². The first-order valence-electron chi connectivity index (χ1n) is 6.27. The maximum absolute atomic E-state index is 12.7. The van der Waals surface area contributed by atoms with Crippen LogP contribution in [0.4, 0.5) is 0 Å². The van der Waals surface area contributed by atoms with E-state index in [0.717, 1.165) is 11.3 Å². The molecule has 0 aliphatic carbocycles. The smallest absolute Gasteiger partial charge is 0.107 e. The molecule has 1 atom stereocenters. The van der Waals surface area contributed by atoms with Gasteiger partial charge in [-0.15, -0.1) is 0 Å². The number of pyridine rings is 1. The van der Waals surface area contributed by atoms with E-state index in [0.29, 0.717) is 24.8 Å². The second-order valence-corrected chi connectivity index (χ2v) is 8.67. The van der Waals surface area contributed by atoms with Crippen molar-refractivity contribution in [3.8, 4) is 0 Å². The maximum atomic E-state index is 12.7. The van der Waals surface area contributed by atoms with Crippen LogP contribution in [-0.2, 0) is 27.8 Å². The molecule has 0 bridgehead atoms. The number of aromatic nitrogens is 1. The largest absolute Gasteiger partial charge is 0.377 e. The van der Waals surface area contributed by atoms with Crippen molar-refractivity contribution in [2.45, 2.75) is 37.6 Å². The Balaban J connectivity index is 2.05. The Bertz CT molecular complexity index is 552. The van der Waals surface area contributed by atoms with Crippen LogP contribution < -0.4 is 0 Å². The van der Waals surface area contributed by atoms with E-state index >= 15 is 0 Å². The molecule has 0 radical (unpaired) electrons. The van der Waals surface area contributed by atoms with Crippen molar-refractivity contribution in [2.24, 2.45) is 0 Å². The molecule has 1 spiro atoms. The Kier molecular flexibility index (Phi) is 3.02. The van der Waals surface area contributed by atoms with Gasteiger partial charge in [0, 0.05) is 11.8 Å². The van der Waals surface area contributed by atoms with Crippen molar-refractivity contribution in [1.29, 1.82) is 0 Å². The van der Waals surface area contributed by atoms with E-state index in [9.17, 15) is 4.21 Å². The summed E-state index contributed by atoms with van der Waals surface area (Å²) >= 11 is 6.05. The summed E-state index contributed by atoms with van der Waals surface area (Å²) in [7, 11) is -1.09. The predicted molar refractivity (Wildman–Crippen MR) is 75.2 cm³/mol. The van der Waals surface area contributed by atoms with E-state index in [2.05, 4.69) is 4.98 Å². The van der Waals surface area contributed by atoms with E-state index in [-0.39, 0.29) is 10.3 Å². The van der Waals surface area contributed by atoms with Gasteiger partial charge in [0.1, 0.15) is 16.5 Å². The Morgan fingerprint density at radius 2 is 2.16 bits per heavy atom. The fourth-order valence-corrected chi connectivity index (χ4v) is 4.14. The van der Waals surface area contributed by atoms with E-state index < -0.39 is 11.0 Å². The van der Waals surface area contributed by atoms with Crippen LogP contribution in [0.3, 0.4) is 0 Å². The van der Waals surface area contributed by atoms with E-state index in [1.807, 2.05) is 31.1 Å². The molecule has 1 fully saturated rings. The van der Waals surface area contributed by atoms with Crippen LogP contribution in [0.25, 0.3) is 0 Å². The number of halogens is 1. The minimum atomic E-state index is -1.09. The highest BCUT2D eigenvalue weighted by molar-refractivity contribution is 7.84. The van der Waals surface area contributed by atoms with Crippen LogP contribution in [-0.4, -0.2) is 31.5 Å². The van der Waals surface area contributed by atoms with Crippen molar-refractivity contribution in [2.75, 3.05) is 13.2 Å². The molecule has 1 unspecified atom stereocenters. The molecule has 0 saturated carbocycles. The van der Waals surface area contributed by atoms with Crippen LogP contribution in [0.5, 0.6) is 0 Å². The Morgan fingerprint density at radius 1 is 1.47 bits per heavy atom. The van der Waals surface area contributed by atoms with Crippen molar-refractivity contribution in [1.82, 2.24) is 9.29 Å². The zero-order valence-corrected chi connectivity index (χ0v) is 12.8. The summed E-state index contributed by atoms with van der Waals surface area (Å²) in [6, 6.07) is 1.94. The lowest BCUT2D eigenvalue weighted by atomic mass is 9.90. The van der Waals surface area contributed by atoms with E-state index in [1.165, 1.54) is 0 Å². The third-order valence-corrected chi connectivity index (χ3v) is 5.75. The zero-order valence-electron chi connectivity index (χ0n) is 11.3. The van der Waals surface area contributed by atoms with Gasteiger partial charge in [0.15, 0.2) is 0 Å². The molecule has 0 N–H and O–H groups in total. The molecule has 1 saturated heterocycles. The van der Waals surface area contributed by atoms with Gasteiger partial charge < -0.3 is 4.74 Å². The molecule has 6 heteroatoms. The summed E-state index contributed by atoms with van der Waals surface area (Å²) in [5.74, 6) is 0. The van der Waals surface area contributed by atoms with Gasteiger partial charge in [-0.25, -0.2) is 8.51 Å². The second-order valence-electron chi connectivity index (χ2n) is 6.07. The Labute approximate surface area is 120 Å². The van der Waals surface area contributed by atoms with Gasteiger partial charge in [-0.3, -0.25) is 4.98 Å². The lowest BCUT2D eigenvalue weighted by Gasteiger charge is -2.46. The van der Waals surface area contributed by atoms with Gasteiger partial charge in [-0.05, 0) is 26.8 Å². The fraction of sp³-hybridized carbons (Fsp3) is 0.615. The monoisotopic (exact) mass is 300 g/mol.